The van der Waals surface area contributed by atoms with Crippen molar-refractivity contribution in [3.05, 3.63) is 11.9 Å². The first-order valence-corrected chi connectivity index (χ1v) is 7.61. The van der Waals surface area contributed by atoms with Crippen molar-refractivity contribution in [1.29, 1.82) is 0 Å². The molecule has 1 fully saturated rings. The van der Waals surface area contributed by atoms with Gasteiger partial charge in [0.15, 0.2) is 0 Å². The molecule has 1 atom stereocenters. The number of aryl methyl sites for hydroxylation is 1. The van der Waals surface area contributed by atoms with E-state index in [-0.39, 0.29) is 5.91 Å². The van der Waals surface area contributed by atoms with E-state index in [9.17, 15) is 4.79 Å². The Morgan fingerprint density at radius 3 is 3.10 bits per heavy atom. The second kappa shape index (κ2) is 6.03. The Balaban J connectivity index is 1.57. The Labute approximate surface area is 125 Å². The molecule has 1 saturated heterocycles. The lowest BCUT2D eigenvalue weighted by Crippen LogP contribution is -2.54. The molecule has 3 heterocycles. The smallest absolute Gasteiger partial charge is 0.271 e. The minimum Gasteiger partial charge on any atom is -0.356 e. The van der Waals surface area contributed by atoms with Gasteiger partial charge < -0.3 is 20.1 Å². The largest absolute Gasteiger partial charge is 0.356 e. The summed E-state index contributed by atoms with van der Waals surface area (Å²) in [7, 11) is 4.24. The molecule has 0 spiro atoms. The van der Waals surface area contributed by atoms with Gasteiger partial charge in [-0.05, 0) is 20.5 Å². The van der Waals surface area contributed by atoms with Crippen LogP contribution >= 0.6 is 0 Å². The number of hydrogen-bond donors (Lipinski definition) is 2. The molecule has 0 saturated carbocycles. The van der Waals surface area contributed by atoms with Gasteiger partial charge in [0.05, 0.1) is 0 Å². The lowest BCUT2D eigenvalue weighted by molar-refractivity contribution is 0.0877. The Bertz CT molecular complexity index is 490. The van der Waals surface area contributed by atoms with Gasteiger partial charge in [0, 0.05) is 51.5 Å². The van der Waals surface area contributed by atoms with E-state index in [1.54, 1.807) is 0 Å². The number of anilines is 1. The highest BCUT2D eigenvalue weighted by molar-refractivity contribution is 5.92. The number of hydrogen-bond acceptors (Lipinski definition) is 5. The Kier molecular flexibility index (Phi) is 4.12. The number of amides is 1. The Morgan fingerprint density at radius 2 is 2.29 bits per heavy atom. The van der Waals surface area contributed by atoms with Crippen LogP contribution in [-0.2, 0) is 6.54 Å². The summed E-state index contributed by atoms with van der Waals surface area (Å²) in [6.45, 7) is 5.63. The van der Waals surface area contributed by atoms with Crippen LogP contribution in [0, 0.1) is 0 Å². The fourth-order valence-corrected chi connectivity index (χ4v) is 2.91. The summed E-state index contributed by atoms with van der Waals surface area (Å²) in [5, 5.41) is 6.23. The lowest BCUT2D eigenvalue weighted by atomic mass is 10.2. The molecule has 3 rings (SSSR count). The standard InChI is InChI=1S/C14H24N6O/c1-18-6-7-19(2)11(9-18)8-16-13(21)12-10-20-5-3-4-15-14(20)17-12/h10-11H,3-9H2,1-2H3,(H,15,17)(H,16,21). The van der Waals surface area contributed by atoms with Gasteiger partial charge in [0.2, 0.25) is 5.95 Å². The Morgan fingerprint density at radius 1 is 1.43 bits per heavy atom. The van der Waals surface area contributed by atoms with Gasteiger partial charge in [-0.1, -0.05) is 0 Å². The van der Waals surface area contributed by atoms with E-state index in [4.69, 9.17) is 0 Å². The molecule has 0 aromatic carbocycles. The first-order chi connectivity index (χ1) is 10.1. The molecule has 2 N–H and O–H groups in total. The van der Waals surface area contributed by atoms with Crippen molar-refractivity contribution in [2.24, 2.45) is 0 Å². The van der Waals surface area contributed by atoms with Crippen molar-refractivity contribution in [3.8, 4) is 0 Å². The molecule has 0 aliphatic carbocycles. The number of carbonyl (C=O) groups is 1. The number of nitrogens with one attached hydrogen (secondary N) is 2. The van der Waals surface area contributed by atoms with E-state index in [1.165, 1.54) is 0 Å². The van der Waals surface area contributed by atoms with E-state index >= 15 is 0 Å². The maximum absolute atomic E-state index is 12.2. The quantitative estimate of drug-likeness (QED) is 0.799. The van der Waals surface area contributed by atoms with Crippen LogP contribution in [0.15, 0.2) is 6.20 Å². The zero-order valence-electron chi connectivity index (χ0n) is 12.8. The number of imidazole rings is 1. The van der Waals surface area contributed by atoms with Crippen molar-refractivity contribution in [2.75, 3.05) is 52.1 Å². The van der Waals surface area contributed by atoms with Gasteiger partial charge in [-0.3, -0.25) is 9.69 Å². The van der Waals surface area contributed by atoms with E-state index in [2.05, 4.69) is 39.5 Å². The number of fused-ring (bicyclic) bond motifs is 1. The number of aromatic nitrogens is 2. The summed E-state index contributed by atoms with van der Waals surface area (Å²) < 4.78 is 2.01. The summed E-state index contributed by atoms with van der Waals surface area (Å²) >= 11 is 0. The van der Waals surface area contributed by atoms with Crippen LogP contribution in [0.1, 0.15) is 16.9 Å². The predicted molar refractivity (Wildman–Crippen MR) is 81.6 cm³/mol. The van der Waals surface area contributed by atoms with Crippen LogP contribution in [0.4, 0.5) is 5.95 Å². The van der Waals surface area contributed by atoms with Gasteiger partial charge >= 0.3 is 0 Å². The molecule has 1 aromatic heterocycles. The Hall–Kier alpha value is -1.60. The van der Waals surface area contributed by atoms with E-state index in [0.29, 0.717) is 18.3 Å². The molecule has 7 nitrogen and oxygen atoms in total. The van der Waals surface area contributed by atoms with Gasteiger partial charge in [-0.25, -0.2) is 4.98 Å². The van der Waals surface area contributed by atoms with E-state index in [1.807, 2.05) is 10.8 Å². The zero-order valence-corrected chi connectivity index (χ0v) is 12.8. The summed E-state index contributed by atoms with van der Waals surface area (Å²) in [4.78, 5) is 21.2. The average Bonchev–Trinajstić information content (AvgIpc) is 2.92. The first-order valence-electron chi connectivity index (χ1n) is 7.61. The third-order valence-corrected chi connectivity index (χ3v) is 4.35. The number of rotatable bonds is 3. The van der Waals surface area contributed by atoms with Crippen molar-refractivity contribution >= 4 is 11.9 Å². The fraction of sp³-hybridized carbons (Fsp3) is 0.714. The van der Waals surface area contributed by atoms with Crippen molar-refractivity contribution in [1.82, 2.24) is 24.7 Å². The highest BCUT2D eigenvalue weighted by atomic mass is 16.1. The lowest BCUT2D eigenvalue weighted by Gasteiger charge is -2.37. The summed E-state index contributed by atoms with van der Waals surface area (Å²) in [5.74, 6) is 0.723. The van der Waals surface area contributed by atoms with Crippen LogP contribution in [-0.4, -0.2) is 78.1 Å². The fourth-order valence-electron chi connectivity index (χ4n) is 2.91. The van der Waals surface area contributed by atoms with Gasteiger partial charge in [-0.15, -0.1) is 0 Å². The minimum absolute atomic E-state index is 0.0830. The number of nitrogens with zero attached hydrogens (tertiary/aromatic N) is 4. The second-order valence-corrected chi connectivity index (χ2v) is 6.03. The number of likely N-dealkylation sites (N-methyl/N-ethyl adjacent to an activating group) is 2. The van der Waals surface area contributed by atoms with Crippen molar-refractivity contribution in [3.63, 3.8) is 0 Å². The average molecular weight is 292 g/mol. The van der Waals surface area contributed by atoms with Crippen LogP contribution in [0.2, 0.25) is 0 Å². The molecule has 7 heteroatoms. The summed E-state index contributed by atoms with van der Waals surface area (Å²) in [6.07, 6.45) is 2.91. The van der Waals surface area contributed by atoms with E-state index < -0.39 is 0 Å². The molecule has 2 aliphatic heterocycles. The molecule has 1 aromatic rings. The van der Waals surface area contributed by atoms with Crippen LogP contribution in [0.25, 0.3) is 0 Å². The third kappa shape index (κ3) is 3.19. The van der Waals surface area contributed by atoms with Crippen LogP contribution in [0.5, 0.6) is 0 Å². The predicted octanol–water partition coefficient (Wildman–Crippen LogP) is -0.326. The zero-order chi connectivity index (χ0) is 14.8. The van der Waals surface area contributed by atoms with Crippen LogP contribution < -0.4 is 10.6 Å². The number of piperazine rings is 1. The highest BCUT2D eigenvalue weighted by Crippen LogP contribution is 2.14. The molecule has 1 unspecified atom stereocenters. The van der Waals surface area contributed by atoms with E-state index in [0.717, 1.165) is 45.1 Å². The molecule has 1 amide bonds. The van der Waals surface area contributed by atoms with Gasteiger partial charge in [0.1, 0.15) is 5.69 Å². The molecule has 2 aliphatic rings. The van der Waals surface area contributed by atoms with Crippen LogP contribution in [0.3, 0.4) is 0 Å². The van der Waals surface area contributed by atoms with Crippen molar-refractivity contribution < 1.29 is 4.79 Å². The van der Waals surface area contributed by atoms with Gasteiger partial charge in [0.25, 0.3) is 5.91 Å². The van der Waals surface area contributed by atoms with Gasteiger partial charge in [-0.2, -0.15) is 0 Å². The topological polar surface area (TPSA) is 65.4 Å². The first kappa shape index (κ1) is 14.3. The second-order valence-electron chi connectivity index (χ2n) is 6.03. The van der Waals surface area contributed by atoms with Crippen molar-refractivity contribution in [2.45, 2.75) is 19.0 Å². The molecule has 0 radical (unpaired) electrons. The summed E-state index contributed by atoms with van der Waals surface area (Å²) in [6, 6.07) is 0.364. The molecular weight excluding hydrogens is 268 g/mol. The minimum atomic E-state index is -0.0830. The third-order valence-electron chi connectivity index (χ3n) is 4.35. The molecule has 116 valence electrons. The summed E-state index contributed by atoms with van der Waals surface area (Å²) in [5.41, 5.74) is 0.506. The number of carbonyl (C=O) groups excluding carboxylic acids is 1. The maximum Gasteiger partial charge on any atom is 0.271 e. The molecular formula is C14H24N6O. The monoisotopic (exact) mass is 292 g/mol. The SMILES string of the molecule is CN1CCN(C)C(CNC(=O)c2cn3c(n2)NCCC3)C1. The molecule has 21 heavy (non-hydrogen) atoms. The normalized spacial score (nSPS) is 23.4. The molecule has 0 bridgehead atoms. The maximum atomic E-state index is 12.2. The highest BCUT2D eigenvalue weighted by Gasteiger charge is 2.23.